The van der Waals surface area contributed by atoms with Crippen molar-refractivity contribution >= 4 is 5.97 Å². The van der Waals surface area contributed by atoms with Gasteiger partial charge in [-0.25, -0.2) is 0 Å². The van der Waals surface area contributed by atoms with Crippen LogP contribution in [-0.4, -0.2) is 34.2 Å². The summed E-state index contributed by atoms with van der Waals surface area (Å²) >= 11 is 0. The van der Waals surface area contributed by atoms with Crippen LogP contribution in [0.2, 0.25) is 0 Å². The fourth-order valence-corrected chi connectivity index (χ4v) is 2.35. The van der Waals surface area contributed by atoms with Gasteiger partial charge in [0.25, 0.3) is 6.04 Å². The summed E-state index contributed by atoms with van der Waals surface area (Å²) in [5.74, 6) is -0.819. The third kappa shape index (κ3) is 2.49. The minimum Gasteiger partial charge on any atom is -0.455 e. The van der Waals surface area contributed by atoms with Crippen LogP contribution in [0.15, 0.2) is 0 Å². The number of rotatable bonds is 2. The van der Waals surface area contributed by atoms with Crippen LogP contribution in [0.1, 0.15) is 27.2 Å². The summed E-state index contributed by atoms with van der Waals surface area (Å²) in [6, 6.07) is -1.22. The fraction of sp³-hybridized carbons (Fsp3) is 0.900. The molecule has 1 N–H and O–H groups in total. The third-order valence-electron chi connectivity index (χ3n) is 3.12. The molecule has 1 fully saturated rings. The van der Waals surface area contributed by atoms with Crippen molar-refractivity contribution < 1.29 is 19.6 Å². The lowest BCUT2D eigenvalue weighted by atomic mass is 9.76. The van der Waals surface area contributed by atoms with E-state index < -0.39 is 29.1 Å². The number of nitro groups is 1. The Balaban J connectivity index is 2.91. The Labute approximate surface area is 93.7 Å². The number of carbonyl (C=O) groups excluding carboxylic acids is 1. The second-order valence-corrected chi connectivity index (χ2v) is 4.53. The molecule has 1 saturated carbocycles. The van der Waals surface area contributed by atoms with E-state index in [2.05, 4.69) is 0 Å². The molecule has 1 aliphatic carbocycles. The average molecular weight is 231 g/mol. The Morgan fingerprint density at radius 1 is 1.44 bits per heavy atom. The zero-order chi connectivity index (χ0) is 12.5. The Hall–Kier alpha value is -1.17. The van der Waals surface area contributed by atoms with E-state index in [4.69, 9.17) is 4.74 Å². The first-order valence-corrected chi connectivity index (χ1v) is 5.33. The van der Waals surface area contributed by atoms with Gasteiger partial charge in [-0.2, -0.15) is 0 Å². The first-order chi connectivity index (χ1) is 7.34. The number of aliphatic hydroxyl groups is 1. The molecule has 0 heterocycles. The van der Waals surface area contributed by atoms with Gasteiger partial charge < -0.3 is 9.84 Å². The number of nitrogens with zero attached hydrogens (tertiary/aromatic N) is 1. The molecule has 0 amide bonds. The minimum atomic E-state index is -1.22. The summed E-state index contributed by atoms with van der Waals surface area (Å²) in [6.07, 6.45) is -1.28. The highest BCUT2D eigenvalue weighted by atomic mass is 16.6. The van der Waals surface area contributed by atoms with E-state index in [-0.39, 0.29) is 11.8 Å². The number of hydrogen-bond donors (Lipinski definition) is 1. The number of aliphatic hydroxyl groups excluding tert-OH is 1. The zero-order valence-corrected chi connectivity index (χ0v) is 9.62. The highest BCUT2D eigenvalue weighted by Gasteiger charge is 2.50. The maximum absolute atomic E-state index is 10.9. The standard InChI is InChI=1S/C10H17NO5/c1-5-4-6(2)10(16-7(3)12)8(9(5)13)11(14)15/h5-6,8-10,13H,4H2,1-3H3. The van der Waals surface area contributed by atoms with Gasteiger partial charge in [0.1, 0.15) is 6.10 Å². The molecule has 0 aliphatic heterocycles. The zero-order valence-electron chi connectivity index (χ0n) is 9.62. The molecule has 0 saturated heterocycles. The largest absolute Gasteiger partial charge is 0.455 e. The topological polar surface area (TPSA) is 89.7 Å². The maximum Gasteiger partial charge on any atom is 0.303 e. The smallest absolute Gasteiger partial charge is 0.303 e. The normalized spacial score (nSPS) is 39.1. The second-order valence-electron chi connectivity index (χ2n) is 4.53. The molecule has 5 unspecified atom stereocenters. The van der Waals surface area contributed by atoms with Crippen LogP contribution in [-0.2, 0) is 9.53 Å². The first-order valence-electron chi connectivity index (χ1n) is 5.33. The molecular formula is C10H17NO5. The summed E-state index contributed by atoms with van der Waals surface area (Å²) in [5, 5.41) is 20.7. The van der Waals surface area contributed by atoms with Crippen molar-refractivity contribution in [3.05, 3.63) is 10.1 Å². The number of esters is 1. The molecule has 1 rings (SSSR count). The molecule has 6 nitrogen and oxygen atoms in total. The highest BCUT2D eigenvalue weighted by molar-refractivity contribution is 5.66. The van der Waals surface area contributed by atoms with Crippen molar-refractivity contribution in [3.8, 4) is 0 Å². The van der Waals surface area contributed by atoms with Gasteiger partial charge in [-0.15, -0.1) is 0 Å². The number of carbonyl (C=O) groups is 1. The van der Waals surface area contributed by atoms with Crippen LogP contribution in [0.3, 0.4) is 0 Å². The molecule has 16 heavy (non-hydrogen) atoms. The lowest BCUT2D eigenvalue weighted by Gasteiger charge is -2.37. The van der Waals surface area contributed by atoms with Crippen LogP contribution in [0.25, 0.3) is 0 Å². The Morgan fingerprint density at radius 3 is 2.44 bits per heavy atom. The van der Waals surface area contributed by atoms with Crippen molar-refractivity contribution in [2.45, 2.75) is 45.4 Å². The molecular weight excluding hydrogens is 214 g/mol. The lowest BCUT2D eigenvalue weighted by Crippen LogP contribution is -2.55. The summed E-state index contributed by atoms with van der Waals surface area (Å²) in [6.45, 7) is 4.78. The lowest BCUT2D eigenvalue weighted by molar-refractivity contribution is -0.553. The van der Waals surface area contributed by atoms with Gasteiger partial charge in [0.15, 0.2) is 6.10 Å². The molecule has 92 valence electrons. The van der Waals surface area contributed by atoms with E-state index in [1.54, 1.807) is 13.8 Å². The van der Waals surface area contributed by atoms with Crippen LogP contribution in [0, 0.1) is 22.0 Å². The Morgan fingerprint density at radius 2 is 2.00 bits per heavy atom. The van der Waals surface area contributed by atoms with Crippen LogP contribution < -0.4 is 0 Å². The number of hydrogen-bond acceptors (Lipinski definition) is 5. The summed E-state index contributed by atoms with van der Waals surface area (Å²) < 4.78 is 4.96. The van der Waals surface area contributed by atoms with Gasteiger partial charge in [-0.3, -0.25) is 14.9 Å². The predicted molar refractivity (Wildman–Crippen MR) is 55.3 cm³/mol. The Bertz CT molecular complexity index is 293. The van der Waals surface area contributed by atoms with Crippen molar-refractivity contribution in [2.75, 3.05) is 0 Å². The molecule has 6 heteroatoms. The third-order valence-corrected chi connectivity index (χ3v) is 3.12. The van der Waals surface area contributed by atoms with Gasteiger partial charge in [-0.05, 0) is 12.3 Å². The predicted octanol–water partition coefficient (Wildman–Crippen LogP) is 0.600. The SMILES string of the molecule is CC(=O)OC1C(C)CC(C)C(O)C1[N+](=O)[O-]. The molecule has 0 aromatic heterocycles. The first kappa shape index (κ1) is 12.9. The molecule has 0 bridgehead atoms. The highest BCUT2D eigenvalue weighted by Crippen LogP contribution is 2.32. The average Bonchev–Trinajstić information content (AvgIpc) is 2.13. The summed E-state index contributed by atoms with van der Waals surface area (Å²) in [5.41, 5.74) is 0. The number of ether oxygens (including phenoxy) is 1. The van der Waals surface area contributed by atoms with Gasteiger partial charge in [-0.1, -0.05) is 13.8 Å². The minimum absolute atomic E-state index is 0.113. The van der Waals surface area contributed by atoms with Crippen molar-refractivity contribution in [2.24, 2.45) is 11.8 Å². The van der Waals surface area contributed by atoms with E-state index in [0.717, 1.165) is 0 Å². The molecule has 0 spiro atoms. The van der Waals surface area contributed by atoms with E-state index >= 15 is 0 Å². The van der Waals surface area contributed by atoms with E-state index in [1.165, 1.54) is 6.92 Å². The van der Waals surface area contributed by atoms with Crippen molar-refractivity contribution in [1.82, 2.24) is 0 Å². The fourth-order valence-electron chi connectivity index (χ4n) is 2.35. The molecule has 0 aromatic carbocycles. The van der Waals surface area contributed by atoms with Gasteiger partial charge in [0.05, 0.1) is 0 Å². The quantitative estimate of drug-likeness (QED) is 0.427. The molecule has 1 aliphatic rings. The van der Waals surface area contributed by atoms with Crippen molar-refractivity contribution in [3.63, 3.8) is 0 Å². The van der Waals surface area contributed by atoms with Gasteiger partial charge >= 0.3 is 5.97 Å². The molecule has 5 atom stereocenters. The molecule has 0 aromatic rings. The van der Waals surface area contributed by atoms with Crippen molar-refractivity contribution in [1.29, 1.82) is 0 Å². The van der Waals surface area contributed by atoms with Crippen LogP contribution >= 0.6 is 0 Å². The van der Waals surface area contributed by atoms with Gasteiger partial charge in [0, 0.05) is 17.8 Å². The van der Waals surface area contributed by atoms with E-state index in [1.807, 2.05) is 0 Å². The van der Waals surface area contributed by atoms with Gasteiger partial charge in [0.2, 0.25) is 0 Å². The molecule has 0 radical (unpaired) electrons. The van der Waals surface area contributed by atoms with Crippen LogP contribution in [0.4, 0.5) is 0 Å². The monoisotopic (exact) mass is 231 g/mol. The second kappa shape index (κ2) is 4.78. The van der Waals surface area contributed by atoms with Crippen LogP contribution in [0.5, 0.6) is 0 Å². The van der Waals surface area contributed by atoms with E-state index in [0.29, 0.717) is 6.42 Å². The summed E-state index contributed by atoms with van der Waals surface area (Å²) in [7, 11) is 0. The Kier molecular flexibility index (Phi) is 3.85. The summed E-state index contributed by atoms with van der Waals surface area (Å²) in [4.78, 5) is 21.2. The van der Waals surface area contributed by atoms with E-state index in [9.17, 15) is 20.0 Å². The maximum atomic E-state index is 10.9.